The monoisotopic (exact) mass is 337 g/mol. The van der Waals surface area contributed by atoms with E-state index in [-0.39, 0.29) is 22.7 Å². The highest BCUT2D eigenvalue weighted by molar-refractivity contribution is 7.89. The predicted molar refractivity (Wildman–Crippen MR) is 83.3 cm³/mol. The minimum Gasteiger partial charge on any atom is -0.399 e. The smallest absolute Gasteiger partial charge is 0.243 e. The third-order valence-corrected chi connectivity index (χ3v) is 4.74. The van der Waals surface area contributed by atoms with Gasteiger partial charge >= 0.3 is 0 Å². The molecule has 8 heteroatoms. The van der Waals surface area contributed by atoms with E-state index in [1.807, 2.05) is 32.8 Å². The van der Waals surface area contributed by atoms with Crippen LogP contribution in [0, 0.1) is 11.7 Å². The summed E-state index contributed by atoms with van der Waals surface area (Å²) in [7, 11) is -0.372. The van der Waals surface area contributed by atoms with Gasteiger partial charge in [-0.25, -0.2) is 17.5 Å². The van der Waals surface area contributed by atoms with E-state index in [1.54, 1.807) is 0 Å². The molecule has 120 valence electrons. The minimum absolute atomic E-state index is 0.0433. The van der Waals surface area contributed by atoms with Gasteiger partial charge in [0.05, 0.1) is 5.02 Å². The lowest BCUT2D eigenvalue weighted by molar-refractivity contribution is 0.314. The number of nitrogen functional groups attached to an aromatic ring is 1. The quantitative estimate of drug-likeness (QED) is 0.778. The van der Waals surface area contributed by atoms with Crippen LogP contribution >= 0.6 is 11.6 Å². The Morgan fingerprint density at radius 3 is 2.43 bits per heavy atom. The van der Waals surface area contributed by atoms with Crippen molar-refractivity contribution in [3.8, 4) is 0 Å². The molecular weight excluding hydrogens is 317 g/mol. The van der Waals surface area contributed by atoms with Crippen LogP contribution in [-0.2, 0) is 10.0 Å². The van der Waals surface area contributed by atoms with E-state index < -0.39 is 20.7 Å². The van der Waals surface area contributed by atoms with Crippen molar-refractivity contribution < 1.29 is 12.8 Å². The van der Waals surface area contributed by atoms with Crippen LogP contribution in [0.3, 0.4) is 0 Å². The Morgan fingerprint density at radius 2 is 1.95 bits per heavy atom. The number of halogens is 2. The fourth-order valence-electron chi connectivity index (χ4n) is 1.82. The van der Waals surface area contributed by atoms with Crippen molar-refractivity contribution in [2.24, 2.45) is 5.92 Å². The van der Waals surface area contributed by atoms with Gasteiger partial charge in [-0.15, -0.1) is 0 Å². The van der Waals surface area contributed by atoms with E-state index in [4.69, 9.17) is 17.3 Å². The van der Waals surface area contributed by atoms with Crippen LogP contribution in [-0.4, -0.2) is 40.0 Å². The second-order valence-corrected chi connectivity index (χ2v) is 7.64. The van der Waals surface area contributed by atoms with Gasteiger partial charge in [0.15, 0.2) is 5.82 Å². The molecule has 1 aromatic carbocycles. The average molecular weight is 338 g/mol. The number of rotatable bonds is 6. The lowest BCUT2D eigenvalue weighted by Gasteiger charge is -2.25. The lowest BCUT2D eigenvalue weighted by Crippen LogP contribution is -2.45. The molecule has 0 fully saturated rings. The van der Waals surface area contributed by atoms with Gasteiger partial charge in [-0.3, -0.25) is 0 Å². The number of benzene rings is 1. The van der Waals surface area contributed by atoms with Gasteiger partial charge in [0.1, 0.15) is 4.90 Å². The molecule has 3 N–H and O–H groups in total. The molecule has 0 aliphatic rings. The number of hydrogen-bond donors (Lipinski definition) is 2. The highest BCUT2D eigenvalue weighted by Crippen LogP contribution is 2.26. The zero-order valence-corrected chi connectivity index (χ0v) is 14.1. The largest absolute Gasteiger partial charge is 0.399 e. The average Bonchev–Trinajstić information content (AvgIpc) is 2.31. The summed E-state index contributed by atoms with van der Waals surface area (Å²) in [6.07, 6.45) is 0. The molecule has 0 aliphatic heterocycles. The topological polar surface area (TPSA) is 75.4 Å². The van der Waals surface area contributed by atoms with Gasteiger partial charge in [0.2, 0.25) is 10.0 Å². The van der Waals surface area contributed by atoms with Crippen LogP contribution < -0.4 is 10.5 Å². The number of hydrogen-bond acceptors (Lipinski definition) is 4. The first-order chi connectivity index (χ1) is 9.54. The highest BCUT2D eigenvalue weighted by Gasteiger charge is 2.27. The minimum atomic E-state index is -4.04. The van der Waals surface area contributed by atoms with Crippen LogP contribution in [0.15, 0.2) is 17.0 Å². The zero-order valence-electron chi connectivity index (χ0n) is 12.5. The second-order valence-electron chi connectivity index (χ2n) is 5.55. The molecule has 0 saturated heterocycles. The fourth-order valence-corrected chi connectivity index (χ4v) is 3.61. The highest BCUT2D eigenvalue weighted by atomic mass is 35.5. The number of likely N-dealkylation sites (N-methyl/N-ethyl adjacent to an activating group) is 1. The van der Waals surface area contributed by atoms with Crippen molar-refractivity contribution >= 4 is 27.3 Å². The Morgan fingerprint density at radius 1 is 1.38 bits per heavy atom. The Labute approximate surface area is 130 Å². The van der Waals surface area contributed by atoms with Gasteiger partial charge < -0.3 is 10.6 Å². The molecule has 0 bridgehead atoms. The molecule has 0 aromatic heterocycles. The van der Waals surface area contributed by atoms with Crippen molar-refractivity contribution in [2.75, 3.05) is 26.4 Å². The van der Waals surface area contributed by atoms with Gasteiger partial charge in [0.25, 0.3) is 0 Å². The van der Waals surface area contributed by atoms with Crippen LogP contribution in [0.2, 0.25) is 5.02 Å². The van der Waals surface area contributed by atoms with Crippen molar-refractivity contribution in [1.29, 1.82) is 0 Å². The molecule has 0 amide bonds. The first-order valence-corrected chi connectivity index (χ1v) is 8.32. The fraction of sp³-hybridized carbons (Fsp3) is 0.538. The number of anilines is 1. The van der Waals surface area contributed by atoms with Crippen LogP contribution in [0.25, 0.3) is 0 Å². The summed E-state index contributed by atoms with van der Waals surface area (Å²) < 4.78 is 41.2. The van der Waals surface area contributed by atoms with Gasteiger partial charge in [-0.1, -0.05) is 25.4 Å². The maximum Gasteiger partial charge on any atom is 0.243 e. The molecule has 1 atom stereocenters. The number of sulfonamides is 1. The maximum atomic E-state index is 14.0. The number of nitrogens with one attached hydrogen (secondary N) is 1. The maximum absolute atomic E-state index is 14.0. The van der Waals surface area contributed by atoms with Crippen LogP contribution in [0.4, 0.5) is 10.1 Å². The molecular formula is C13H21ClFN3O2S. The third-order valence-electron chi connectivity index (χ3n) is 2.98. The third kappa shape index (κ3) is 4.81. The molecule has 1 rings (SSSR count). The normalized spacial score (nSPS) is 13.9. The summed E-state index contributed by atoms with van der Waals surface area (Å²) >= 11 is 5.65. The molecule has 1 unspecified atom stereocenters. The molecule has 0 aliphatic carbocycles. The molecule has 5 nitrogen and oxygen atoms in total. The summed E-state index contributed by atoms with van der Waals surface area (Å²) in [5.74, 6) is -0.951. The molecule has 1 aromatic rings. The molecule has 21 heavy (non-hydrogen) atoms. The van der Waals surface area contributed by atoms with Crippen molar-refractivity contribution in [2.45, 2.75) is 24.8 Å². The molecule has 0 spiro atoms. The molecule has 0 saturated carbocycles. The summed E-state index contributed by atoms with van der Waals surface area (Å²) in [4.78, 5) is 1.33. The van der Waals surface area contributed by atoms with E-state index in [2.05, 4.69) is 4.72 Å². The Kier molecular flexibility index (Phi) is 5.98. The Bertz CT molecular complexity index is 606. The van der Waals surface area contributed by atoms with E-state index in [0.29, 0.717) is 6.54 Å². The van der Waals surface area contributed by atoms with Gasteiger partial charge in [0, 0.05) is 18.3 Å². The van der Waals surface area contributed by atoms with E-state index in [0.717, 1.165) is 6.07 Å². The first-order valence-electron chi connectivity index (χ1n) is 6.46. The van der Waals surface area contributed by atoms with E-state index >= 15 is 0 Å². The van der Waals surface area contributed by atoms with Crippen molar-refractivity contribution in [1.82, 2.24) is 9.62 Å². The summed E-state index contributed by atoms with van der Waals surface area (Å²) in [5.41, 5.74) is 5.64. The predicted octanol–water partition coefficient (Wildman–Crippen LogP) is 1.93. The second kappa shape index (κ2) is 6.91. The Balaban J connectivity index is 3.16. The molecule has 0 radical (unpaired) electrons. The van der Waals surface area contributed by atoms with Crippen LogP contribution in [0.1, 0.15) is 13.8 Å². The Hall–Kier alpha value is -0.890. The van der Waals surface area contributed by atoms with Gasteiger partial charge in [-0.05, 0) is 32.1 Å². The standard InChI is InChI=1S/C13H21ClFN3O2S/c1-8(2)11(7-18(3)4)17-21(19,20)12-6-9(16)5-10(14)13(12)15/h5-6,8,11,17H,7,16H2,1-4H3. The summed E-state index contributed by atoms with van der Waals surface area (Å²) in [6.45, 7) is 4.27. The van der Waals surface area contributed by atoms with Gasteiger partial charge in [-0.2, -0.15) is 0 Å². The van der Waals surface area contributed by atoms with Crippen molar-refractivity contribution in [3.63, 3.8) is 0 Å². The van der Waals surface area contributed by atoms with Crippen molar-refractivity contribution in [3.05, 3.63) is 23.0 Å². The summed E-state index contributed by atoms with van der Waals surface area (Å²) in [6, 6.07) is 1.89. The zero-order chi connectivity index (χ0) is 16.4. The van der Waals surface area contributed by atoms with E-state index in [9.17, 15) is 12.8 Å². The summed E-state index contributed by atoms with van der Waals surface area (Å²) in [5, 5.41) is -0.316. The first kappa shape index (κ1) is 18.2. The van der Waals surface area contributed by atoms with Crippen LogP contribution in [0.5, 0.6) is 0 Å². The number of nitrogens with two attached hydrogens (primary N) is 1. The lowest BCUT2D eigenvalue weighted by atomic mass is 10.1. The SMILES string of the molecule is CC(C)C(CN(C)C)NS(=O)(=O)c1cc(N)cc(Cl)c1F. The van der Waals surface area contributed by atoms with E-state index in [1.165, 1.54) is 6.07 Å². The molecule has 0 heterocycles. The number of nitrogens with zero attached hydrogens (tertiary/aromatic N) is 1.